The molecule has 0 aliphatic carbocycles. The molecule has 1 N–H and O–H groups in total. The van der Waals surface area contributed by atoms with Crippen LogP contribution in [0.3, 0.4) is 0 Å². The van der Waals surface area contributed by atoms with Crippen molar-refractivity contribution >= 4 is 12.1 Å². The Bertz CT molecular complexity index is 476. The Hall–Kier alpha value is -2.08. The fraction of sp³-hybridized carbons (Fsp3) is 0.467. The highest BCUT2D eigenvalue weighted by molar-refractivity contribution is 5.75. The standard InChI is InChI=1S/C15H19NO5/c1-11-9-13(7-8-19-11)14(17)21-16-15(18)20-10-12-5-3-2-4-6-12/h2-6,11,13H,7-10H2,1H3,(H,16,18). The Morgan fingerprint density at radius 1 is 1.33 bits per heavy atom. The maximum Gasteiger partial charge on any atom is 0.441 e. The normalized spacial score (nSPS) is 21.4. The molecule has 1 aromatic rings. The van der Waals surface area contributed by atoms with Gasteiger partial charge in [-0.25, -0.2) is 9.59 Å². The van der Waals surface area contributed by atoms with Gasteiger partial charge >= 0.3 is 12.1 Å². The summed E-state index contributed by atoms with van der Waals surface area (Å²) in [5.41, 5.74) is 2.87. The SMILES string of the molecule is CC1CC(C(=O)ONC(=O)OCc2ccccc2)CCO1. The fourth-order valence-corrected chi connectivity index (χ4v) is 2.14. The molecule has 1 saturated heterocycles. The van der Waals surface area contributed by atoms with E-state index < -0.39 is 12.1 Å². The average molecular weight is 293 g/mol. The first-order valence-corrected chi connectivity index (χ1v) is 6.94. The number of hydroxylamine groups is 1. The van der Waals surface area contributed by atoms with Gasteiger partial charge < -0.3 is 14.3 Å². The van der Waals surface area contributed by atoms with Gasteiger partial charge in [0.2, 0.25) is 0 Å². The summed E-state index contributed by atoms with van der Waals surface area (Å²) in [6.45, 7) is 2.55. The summed E-state index contributed by atoms with van der Waals surface area (Å²) in [7, 11) is 0. The number of benzene rings is 1. The molecular weight excluding hydrogens is 274 g/mol. The highest BCUT2D eigenvalue weighted by Gasteiger charge is 2.27. The molecule has 1 amide bonds. The molecule has 0 aromatic heterocycles. The first-order valence-electron chi connectivity index (χ1n) is 6.94. The number of hydrogen-bond acceptors (Lipinski definition) is 5. The summed E-state index contributed by atoms with van der Waals surface area (Å²) in [6.07, 6.45) is 0.442. The summed E-state index contributed by atoms with van der Waals surface area (Å²) in [5.74, 6) is -0.704. The number of rotatable bonds is 3. The largest absolute Gasteiger partial charge is 0.443 e. The molecule has 1 fully saturated rings. The van der Waals surface area contributed by atoms with E-state index >= 15 is 0 Å². The van der Waals surface area contributed by atoms with Gasteiger partial charge in [-0.1, -0.05) is 30.3 Å². The molecular formula is C15H19NO5. The van der Waals surface area contributed by atoms with Crippen molar-refractivity contribution < 1.29 is 23.9 Å². The van der Waals surface area contributed by atoms with E-state index in [0.717, 1.165) is 5.56 Å². The van der Waals surface area contributed by atoms with Crippen LogP contribution >= 0.6 is 0 Å². The van der Waals surface area contributed by atoms with Crippen molar-refractivity contribution in [1.82, 2.24) is 5.48 Å². The van der Waals surface area contributed by atoms with Gasteiger partial charge in [-0.15, -0.1) is 5.48 Å². The molecule has 2 atom stereocenters. The van der Waals surface area contributed by atoms with Crippen LogP contribution in [0.25, 0.3) is 0 Å². The van der Waals surface area contributed by atoms with Gasteiger partial charge in [0.25, 0.3) is 0 Å². The third-order valence-electron chi connectivity index (χ3n) is 3.27. The van der Waals surface area contributed by atoms with Crippen LogP contribution in [0.2, 0.25) is 0 Å². The molecule has 1 heterocycles. The van der Waals surface area contributed by atoms with Crippen molar-refractivity contribution in [3.8, 4) is 0 Å². The van der Waals surface area contributed by atoms with Crippen molar-refractivity contribution in [1.29, 1.82) is 0 Å². The number of amides is 1. The second kappa shape index (κ2) is 7.64. The zero-order valence-corrected chi connectivity index (χ0v) is 11.9. The van der Waals surface area contributed by atoms with Gasteiger partial charge in [0, 0.05) is 6.61 Å². The maximum absolute atomic E-state index is 11.8. The van der Waals surface area contributed by atoms with Gasteiger partial charge in [0.15, 0.2) is 0 Å². The van der Waals surface area contributed by atoms with Gasteiger partial charge in [0.1, 0.15) is 6.61 Å². The zero-order valence-electron chi connectivity index (χ0n) is 11.9. The predicted octanol–water partition coefficient (Wildman–Crippen LogP) is 2.19. The summed E-state index contributed by atoms with van der Waals surface area (Å²) in [4.78, 5) is 28.0. The summed E-state index contributed by atoms with van der Waals surface area (Å²) in [6, 6.07) is 9.25. The molecule has 21 heavy (non-hydrogen) atoms. The van der Waals surface area contributed by atoms with Crippen LogP contribution < -0.4 is 5.48 Å². The molecule has 0 saturated carbocycles. The van der Waals surface area contributed by atoms with E-state index in [9.17, 15) is 9.59 Å². The van der Waals surface area contributed by atoms with Crippen molar-refractivity contribution in [2.75, 3.05) is 6.61 Å². The third kappa shape index (κ3) is 5.07. The summed E-state index contributed by atoms with van der Waals surface area (Å²) in [5, 5.41) is 0. The molecule has 2 unspecified atom stereocenters. The van der Waals surface area contributed by atoms with Crippen LogP contribution in [-0.2, 0) is 25.7 Å². The minimum Gasteiger partial charge on any atom is -0.443 e. The average Bonchev–Trinajstić information content (AvgIpc) is 2.51. The minimum atomic E-state index is -0.785. The molecule has 0 bridgehead atoms. The number of carbonyl (C=O) groups excluding carboxylic acids is 2. The third-order valence-corrected chi connectivity index (χ3v) is 3.27. The number of nitrogens with one attached hydrogen (secondary N) is 1. The van der Waals surface area contributed by atoms with Gasteiger partial charge in [0.05, 0.1) is 12.0 Å². The predicted molar refractivity (Wildman–Crippen MR) is 74.0 cm³/mol. The molecule has 1 aliphatic rings. The van der Waals surface area contributed by atoms with Crippen LogP contribution in [0.4, 0.5) is 4.79 Å². The summed E-state index contributed by atoms with van der Waals surface area (Å²) < 4.78 is 10.3. The maximum atomic E-state index is 11.8. The zero-order chi connectivity index (χ0) is 15.1. The van der Waals surface area contributed by atoms with Crippen molar-refractivity contribution in [2.45, 2.75) is 32.5 Å². The fourth-order valence-electron chi connectivity index (χ4n) is 2.14. The minimum absolute atomic E-state index is 0.0290. The van der Waals surface area contributed by atoms with Crippen LogP contribution in [0.1, 0.15) is 25.3 Å². The lowest BCUT2D eigenvalue weighted by Crippen LogP contribution is -2.35. The quantitative estimate of drug-likeness (QED) is 0.865. The van der Waals surface area contributed by atoms with E-state index in [0.29, 0.717) is 19.4 Å². The molecule has 0 spiro atoms. The van der Waals surface area contributed by atoms with Crippen LogP contribution in [0.5, 0.6) is 0 Å². The highest BCUT2D eigenvalue weighted by atomic mass is 16.7. The Kier molecular flexibility index (Phi) is 5.57. The molecule has 0 radical (unpaired) electrons. The Morgan fingerprint density at radius 2 is 2.10 bits per heavy atom. The molecule has 6 heteroatoms. The van der Waals surface area contributed by atoms with Crippen molar-refractivity contribution in [3.05, 3.63) is 35.9 Å². The van der Waals surface area contributed by atoms with E-state index in [-0.39, 0.29) is 18.6 Å². The van der Waals surface area contributed by atoms with E-state index in [1.165, 1.54) is 0 Å². The first kappa shape index (κ1) is 15.3. The highest BCUT2D eigenvalue weighted by Crippen LogP contribution is 2.20. The lowest BCUT2D eigenvalue weighted by molar-refractivity contribution is -0.159. The molecule has 1 aliphatic heterocycles. The Labute approximate surface area is 123 Å². The monoisotopic (exact) mass is 293 g/mol. The van der Waals surface area contributed by atoms with Crippen LogP contribution in [0.15, 0.2) is 30.3 Å². The first-order chi connectivity index (χ1) is 10.1. The number of ether oxygens (including phenoxy) is 2. The molecule has 114 valence electrons. The molecule has 1 aromatic carbocycles. The van der Waals surface area contributed by atoms with E-state index in [2.05, 4.69) is 0 Å². The van der Waals surface area contributed by atoms with Gasteiger partial charge in [-0.05, 0) is 25.3 Å². The lowest BCUT2D eigenvalue weighted by atomic mass is 9.97. The van der Waals surface area contributed by atoms with Crippen LogP contribution in [-0.4, -0.2) is 24.8 Å². The van der Waals surface area contributed by atoms with Crippen molar-refractivity contribution in [2.24, 2.45) is 5.92 Å². The van der Waals surface area contributed by atoms with Crippen LogP contribution in [0, 0.1) is 5.92 Å². The van der Waals surface area contributed by atoms with Gasteiger partial charge in [-0.3, -0.25) is 0 Å². The molecule has 6 nitrogen and oxygen atoms in total. The van der Waals surface area contributed by atoms with E-state index in [4.69, 9.17) is 14.3 Å². The van der Waals surface area contributed by atoms with Crippen molar-refractivity contribution in [3.63, 3.8) is 0 Å². The topological polar surface area (TPSA) is 73.9 Å². The van der Waals surface area contributed by atoms with E-state index in [1.54, 1.807) is 0 Å². The lowest BCUT2D eigenvalue weighted by Gasteiger charge is -2.25. The second-order valence-corrected chi connectivity index (χ2v) is 4.99. The summed E-state index contributed by atoms with van der Waals surface area (Å²) >= 11 is 0. The molecule has 2 rings (SSSR count). The van der Waals surface area contributed by atoms with E-state index in [1.807, 2.05) is 42.7 Å². The van der Waals surface area contributed by atoms with Gasteiger partial charge in [-0.2, -0.15) is 0 Å². The second-order valence-electron chi connectivity index (χ2n) is 4.99. The number of hydrogen-bond donors (Lipinski definition) is 1. The Morgan fingerprint density at radius 3 is 2.81 bits per heavy atom. The Balaban J connectivity index is 1.67. The number of carbonyl (C=O) groups is 2. The smallest absolute Gasteiger partial charge is 0.441 e.